The summed E-state index contributed by atoms with van der Waals surface area (Å²) < 4.78 is 1.99. The van der Waals surface area contributed by atoms with Gasteiger partial charge in [0, 0.05) is 24.6 Å². The number of amidine groups is 1. The monoisotopic (exact) mass is 292 g/mol. The second kappa shape index (κ2) is 7.42. The molecule has 2 heterocycles. The molecule has 0 saturated carbocycles. The third kappa shape index (κ3) is 4.46. The zero-order chi connectivity index (χ0) is 10.7. The van der Waals surface area contributed by atoms with Crippen LogP contribution in [0, 0.1) is 5.41 Å². The molecule has 0 aromatic carbocycles. The molecule has 0 aliphatic heterocycles. The number of aromatic nitrogens is 2. The fraction of sp³-hybridized carbons (Fsp3) is 0.200. The second-order valence-corrected chi connectivity index (χ2v) is 4.30. The number of nitrogens with zero attached hydrogens (tertiary/aromatic N) is 2. The summed E-state index contributed by atoms with van der Waals surface area (Å²) in [5.74, 6) is 0.805. The molecule has 94 valence electrons. The summed E-state index contributed by atoms with van der Waals surface area (Å²) in [5.41, 5.74) is 7.25. The number of halogens is 2. The smallest absolute Gasteiger partial charge is 0.151 e. The first-order chi connectivity index (χ1) is 7.25. The molecule has 0 radical (unpaired) electrons. The van der Waals surface area contributed by atoms with Crippen molar-refractivity contribution in [2.75, 3.05) is 5.75 Å². The number of rotatable bonds is 3. The van der Waals surface area contributed by atoms with Crippen molar-refractivity contribution in [3.63, 3.8) is 0 Å². The van der Waals surface area contributed by atoms with E-state index < -0.39 is 0 Å². The van der Waals surface area contributed by atoms with Gasteiger partial charge in [0.25, 0.3) is 0 Å². The van der Waals surface area contributed by atoms with Crippen molar-refractivity contribution >= 4 is 47.4 Å². The lowest BCUT2D eigenvalue weighted by Crippen LogP contribution is -2.05. The number of nitrogens with two attached hydrogens (primary N) is 1. The molecule has 0 fully saturated rings. The molecule has 4 nitrogen and oxygen atoms in total. The Bertz CT molecular complexity index is 453. The van der Waals surface area contributed by atoms with Crippen LogP contribution in [0.1, 0.15) is 5.69 Å². The van der Waals surface area contributed by atoms with Gasteiger partial charge in [-0.25, -0.2) is 4.98 Å². The minimum absolute atomic E-state index is 0. The molecule has 0 aliphatic rings. The molecule has 0 saturated heterocycles. The molecule has 0 atom stereocenters. The van der Waals surface area contributed by atoms with Crippen molar-refractivity contribution in [3.05, 3.63) is 36.3 Å². The van der Waals surface area contributed by atoms with Crippen LogP contribution in [0.5, 0.6) is 0 Å². The van der Waals surface area contributed by atoms with Crippen LogP contribution >= 0.6 is 36.6 Å². The summed E-state index contributed by atoms with van der Waals surface area (Å²) in [6.07, 6.45) is 4.83. The normalized spacial score (nSPS) is 9.41. The molecule has 7 heteroatoms. The molecule has 2 aromatic rings. The van der Waals surface area contributed by atoms with Gasteiger partial charge in [0.05, 0.1) is 5.69 Å². The largest absolute Gasteiger partial charge is 0.379 e. The van der Waals surface area contributed by atoms with Gasteiger partial charge in [-0.3, -0.25) is 5.41 Å². The first-order valence-corrected chi connectivity index (χ1v) is 5.64. The van der Waals surface area contributed by atoms with Crippen LogP contribution in [0.15, 0.2) is 30.6 Å². The summed E-state index contributed by atoms with van der Waals surface area (Å²) in [4.78, 5) is 4.45. The Hall–Kier alpha value is -0.910. The van der Waals surface area contributed by atoms with E-state index in [9.17, 15) is 0 Å². The van der Waals surface area contributed by atoms with Crippen LogP contribution in [0.2, 0.25) is 0 Å². The fourth-order valence-electron chi connectivity index (χ4n) is 1.37. The van der Waals surface area contributed by atoms with Crippen molar-refractivity contribution in [2.24, 2.45) is 5.73 Å². The van der Waals surface area contributed by atoms with Gasteiger partial charge in [-0.15, -0.1) is 24.8 Å². The van der Waals surface area contributed by atoms with Crippen LogP contribution in [-0.2, 0) is 6.42 Å². The Morgan fingerprint density at radius 2 is 2.18 bits per heavy atom. The third-order valence-electron chi connectivity index (χ3n) is 2.03. The maximum atomic E-state index is 7.08. The maximum Gasteiger partial charge on any atom is 0.151 e. The topological polar surface area (TPSA) is 67.2 Å². The molecule has 0 amide bonds. The number of thioether (sulfide) groups is 1. The van der Waals surface area contributed by atoms with Crippen molar-refractivity contribution in [3.8, 4) is 0 Å². The van der Waals surface area contributed by atoms with Crippen molar-refractivity contribution in [1.29, 1.82) is 5.41 Å². The van der Waals surface area contributed by atoms with Crippen LogP contribution in [0.4, 0.5) is 0 Å². The standard InChI is InChI=1S/C10H12N4S.2ClH/c11-10(12)15-6-4-8-7-14-5-2-1-3-9(14)13-8;;/h1-3,5,7H,4,6H2,(H3,11,12);2*1H. The van der Waals surface area contributed by atoms with Gasteiger partial charge in [-0.1, -0.05) is 17.8 Å². The van der Waals surface area contributed by atoms with Crippen LogP contribution in [-0.4, -0.2) is 20.3 Å². The maximum absolute atomic E-state index is 7.08. The molecule has 2 aromatic heterocycles. The number of fused-ring (bicyclic) bond motifs is 1. The number of hydrogen-bond donors (Lipinski definition) is 2. The van der Waals surface area contributed by atoms with E-state index in [4.69, 9.17) is 11.1 Å². The second-order valence-electron chi connectivity index (χ2n) is 3.16. The van der Waals surface area contributed by atoms with E-state index in [1.54, 1.807) is 0 Å². The predicted molar refractivity (Wildman–Crippen MR) is 77.8 cm³/mol. The minimum Gasteiger partial charge on any atom is -0.379 e. The quantitative estimate of drug-likeness (QED) is 0.674. The van der Waals surface area contributed by atoms with Gasteiger partial charge in [0.2, 0.25) is 0 Å². The zero-order valence-electron chi connectivity index (χ0n) is 9.00. The highest BCUT2D eigenvalue weighted by molar-refractivity contribution is 8.13. The molecule has 17 heavy (non-hydrogen) atoms. The van der Waals surface area contributed by atoms with E-state index in [2.05, 4.69) is 4.98 Å². The van der Waals surface area contributed by atoms with Gasteiger partial charge in [-0.05, 0) is 12.1 Å². The van der Waals surface area contributed by atoms with Crippen molar-refractivity contribution in [2.45, 2.75) is 6.42 Å². The van der Waals surface area contributed by atoms with E-state index in [0.29, 0.717) is 0 Å². The predicted octanol–water partition coefficient (Wildman–Crippen LogP) is 2.35. The number of aryl methyl sites for hydroxylation is 1. The van der Waals surface area contributed by atoms with E-state index in [1.165, 1.54) is 11.8 Å². The third-order valence-corrected chi connectivity index (χ3v) is 2.75. The SMILES string of the molecule is Cl.Cl.N=C(N)SCCc1cn2ccccc2n1. The van der Waals surface area contributed by atoms with E-state index >= 15 is 0 Å². The average molecular weight is 293 g/mol. The summed E-state index contributed by atoms with van der Waals surface area (Å²) >= 11 is 1.35. The van der Waals surface area contributed by atoms with Gasteiger partial charge in [-0.2, -0.15) is 0 Å². The lowest BCUT2D eigenvalue weighted by Gasteiger charge is -1.94. The number of hydrogen-bond acceptors (Lipinski definition) is 3. The molecule has 3 N–H and O–H groups in total. The molecule has 2 rings (SSSR count). The lowest BCUT2D eigenvalue weighted by atomic mass is 10.4. The Kier molecular flexibility index (Phi) is 7.03. The number of imidazole rings is 1. The molecule has 0 spiro atoms. The van der Waals surface area contributed by atoms with Crippen LogP contribution in [0.3, 0.4) is 0 Å². The van der Waals surface area contributed by atoms with Crippen molar-refractivity contribution < 1.29 is 0 Å². The Balaban J connectivity index is 0.00000128. The Morgan fingerprint density at radius 1 is 1.41 bits per heavy atom. The van der Waals surface area contributed by atoms with Gasteiger partial charge < -0.3 is 10.1 Å². The van der Waals surface area contributed by atoms with Gasteiger partial charge >= 0.3 is 0 Å². The van der Waals surface area contributed by atoms with Crippen LogP contribution < -0.4 is 5.73 Å². The Labute approximate surface area is 116 Å². The first-order valence-electron chi connectivity index (χ1n) is 4.65. The number of pyridine rings is 1. The van der Waals surface area contributed by atoms with Gasteiger partial charge in [0.15, 0.2) is 5.17 Å². The minimum atomic E-state index is 0. The van der Waals surface area contributed by atoms with Crippen LogP contribution in [0.25, 0.3) is 5.65 Å². The molecule has 0 unspecified atom stereocenters. The average Bonchev–Trinajstić information content (AvgIpc) is 2.59. The highest BCUT2D eigenvalue weighted by Gasteiger charge is 2.00. The molecule has 0 aliphatic carbocycles. The highest BCUT2D eigenvalue weighted by Crippen LogP contribution is 2.08. The van der Waals surface area contributed by atoms with E-state index in [-0.39, 0.29) is 30.0 Å². The van der Waals surface area contributed by atoms with E-state index in [0.717, 1.165) is 23.5 Å². The highest BCUT2D eigenvalue weighted by atomic mass is 35.5. The number of nitrogens with one attached hydrogen (secondary N) is 1. The van der Waals surface area contributed by atoms with Crippen molar-refractivity contribution in [1.82, 2.24) is 9.38 Å². The summed E-state index contributed by atoms with van der Waals surface area (Å²) in [6.45, 7) is 0. The lowest BCUT2D eigenvalue weighted by molar-refractivity contribution is 1.08. The van der Waals surface area contributed by atoms with E-state index in [1.807, 2.05) is 35.0 Å². The molecule has 0 bridgehead atoms. The summed E-state index contributed by atoms with van der Waals surface area (Å²) in [7, 11) is 0. The zero-order valence-corrected chi connectivity index (χ0v) is 11.4. The summed E-state index contributed by atoms with van der Waals surface area (Å²) in [6, 6.07) is 5.92. The fourth-order valence-corrected chi connectivity index (χ4v) is 1.90. The molecular formula is C10H14Cl2N4S. The first kappa shape index (κ1) is 16.1. The summed E-state index contributed by atoms with van der Waals surface area (Å²) in [5, 5.41) is 7.25. The molecular weight excluding hydrogens is 279 g/mol. The van der Waals surface area contributed by atoms with Gasteiger partial charge in [0.1, 0.15) is 5.65 Å². The Morgan fingerprint density at radius 3 is 2.82 bits per heavy atom.